The van der Waals surface area contributed by atoms with E-state index in [9.17, 15) is 4.79 Å². The summed E-state index contributed by atoms with van der Waals surface area (Å²) in [7, 11) is 0. The van der Waals surface area contributed by atoms with Crippen LogP contribution in [0.2, 0.25) is 0 Å². The van der Waals surface area contributed by atoms with Crippen molar-refractivity contribution in [3.8, 4) is 0 Å². The number of carbonyl (C=O) groups excluding carboxylic acids is 1. The first-order valence-corrected chi connectivity index (χ1v) is 7.12. The number of nitrogens with two attached hydrogens (primary N) is 1. The lowest BCUT2D eigenvalue weighted by atomic mass is 9.98. The van der Waals surface area contributed by atoms with E-state index >= 15 is 0 Å². The molecule has 3 nitrogen and oxygen atoms in total. The predicted octanol–water partition coefficient (Wildman–Crippen LogP) is 2.55. The van der Waals surface area contributed by atoms with Gasteiger partial charge in [-0.15, -0.1) is 11.8 Å². The third-order valence-electron chi connectivity index (χ3n) is 2.60. The molecule has 0 saturated heterocycles. The molecule has 1 aromatic rings. The standard InChI is InChI=1S/C14H21NO2S/c1-13(2,3)17-12(16)14(10-15,18-4)11-8-6-5-7-9-11/h5-9H,10,15H2,1-4H3. The minimum Gasteiger partial charge on any atom is -0.459 e. The highest BCUT2D eigenvalue weighted by Crippen LogP contribution is 2.36. The fourth-order valence-electron chi connectivity index (χ4n) is 1.67. The van der Waals surface area contributed by atoms with Crippen LogP contribution in [0.5, 0.6) is 0 Å². The molecule has 1 aromatic carbocycles. The average Bonchev–Trinajstić information content (AvgIpc) is 2.30. The Morgan fingerprint density at radius 3 is 2.22 bits per heavy atom. The van der Waals surface area contributed by atoms with Gasteiger partial charge in [-0.05, 0) is 32.6 Å². The number of hydrogen-bond acceptors (Lipinski definition) is 4. The van der Waals surface area contributed by atoms with E-state index in [1.165, 1.54) is 11.8 Å². The second-order valence-electron chi connectivity index (χ2n) is 5.10. The molecule has 1 atom stereocenters. The molecule has 0 aliphatic rings. The summed E-state index contributed by atoms with van der Waals surface area (Å²) in [5, 5.41) is 0. The van der Waals surface area contributed by atoms with E-state index in [1.807, 2.05) is 57.4 Å². The minimum absolute atomic E-state index is 0.215. The number of esters is 1. The third kappa shape index (κ3) is 3.27. The number of thioether (sulfide) groups is 1. The van der Waals surface area contributed by atoms with Crippen LogP contribution in [0.25, 0.3) is 0 Å². The molecule has 0 amide bonds. The topological polar surface area (TPSA) is 52.3 Å². The van der Waals surface area contributed by atoms with Crippen LogP contribution in [-0.2, 0) is 14.3 Å². The summed E-state index contributed by atoms with van der Waals surface area (Å²) in [5.41, 5.74) is 6.22. The Morgan fingerprint density at radius 2 is 1.83 bits per heavy atom. The van der Waals surface area contributed by atoms with Crippen LogP contribution in [0, 0.1) is 0 Å². The van der Waals surface area contributed by atoms with E-state index in [2.05, 4.69) is 0 Å². The summed E-state index contributed by atoms with van der Waals surface area (Å²) in [5.74, 6) is -0.281. The van der Waals surface area contributed by atoms with Gasteiger partial charge >= 0.3 is 5.97 Å². The van der Waals surface area contributed by atoms with Crippen LogP contribution < -0.4 is 5.73 Å². The van der Waals surface area contributed by atoms with Crippen molar-refractivity contribution in [3.63, 3.8) is 0 Å². The van der Waals surface area contributed by atoms with Crippen molar-refractivity contribution in [2.75, 3.05) is 12.8 Å². The number of ether oxygens (including phenoxy) is 1. The Labute approximate surface area is 113 Å². The van der Waals surface area contributed by atoms with Crippen LogP contribution in [0.15, 0.2) is 30.3 Å². The first kappa shape index (κ1) is 15.1. The second kappa shape index (κ2) is 5.76. The number of carbonyl (C=O) groups is 1. The van der Waals surface area contributed by atoms with Gasteiger partial charge in [0.15, 0.2) is 4.75 Å². The molecule has 0 aromatic heterocycles. The largest absolute Gasteiger partial charge is 0.459 e. The van der Waals surface area contributed by atoms with Crippen LogP contribution in [0.1, 0.15) is 26.3 Å². The zero-order chi connectivity index (χ0) is 13.8. The van der Waals surface area contributed by atoms with Gasteiger partial charge in [0.2, 0.25) is 0 Å². The van der Waals surface area contributed by atoms with Crippen LogP contribution >= 0.6 is 11.8 Å². The molecule has 0 saturated carbocycles. The molecule has 100 valence electrons. The summed E-state index contributed by atoms with van der Waals surface area (Å²) in [6, 6.07) is 9.54. The highest BCUT2D eigenvalue weighted by molar-refractivity contribution is 8.00. The SMILES string of the molecule is CSC(CN)(C(=O)OC(C)(C)C)c1ccccc1. The quantitative estimate of drug-likeness (QED) is 0.852. The summed E-state index contributed by atoms with van der Waals surface area (Å²) in [6.07, 6.45) is 1.88. The van der Waals surface area contributed by atoms with Crippen LogP contribution in [-0.4, -0.2) is 24.4 Å². The lowest BCUT2D eigenvalue weighted by Gasteiger charge is -2.32. The molecule has 0 radical (unpaired) electrons. The molecule has 0 bridgehead atoms. The first-order valence-electron chi connectivity index (χ1n) is 5.90. The van der Waals surface area contributed by atoms with Crippen molar-refractivity contribution in [2.24, 2.45) is 5.73 Å². The van der Waals surface area contributed by atoms with E-state index in [4.69, 9.17) is 10.5 Å². The molecule has 1 rings (SSSR count). The summed E-state index contributed by atoms with van der Waals surface area (Å²) in [6.45, 7) is 5.79. The normalized spacial score (nSPS) is 14.9. The molecule has 2 N–H and O–H groups in total. The van der Waals surface area contributed by atoms with E-state index in [0.717, 1.165) is 5.56 Å². The van der Waals surface area contributed by atoms with Crippen LogP contribution in [0.4, 0.5) is 0 Å². The number of rotatable bonds is 4. The van der Waals surface area contributed by atoms with Gasteiger partial charge in [-0.3, -0.25) is 4.79 Å². The van der Waals surface area contributed by atoms with Crippen molar-refractivity contribution >= 4 is 17.7 Å². The van der Waals surface area contributed by atoms with Gasteiger partial charge in [0.05, 0.1) is 0 Å². The average molecular weight is 267 g/mol. The van der Waals surface area contributed by atoms with Gasteiger partial charge in [0.25, 0.3) is 0 Å². The lowest BCUT2D eigenvalue weighted by Crippen LogP contribution is -2.44. The van der Waals surface area contributed by atoms with E-state index < -0.39 is 10.3 Å². The Hall–Kier alpha value is -1.00. The molecular weight excluding hydrogens is 246 g/mol. The maximum atomic E-state index is 12.4. The van der Waals surface area contributed by atoms with E-state index in [1.54, 1.807) is 0 Å². The molecule has 0 fully saturated rings. The lowest BCUT2D eigenvalue weighted by molar-refractivity contribution is -0.157. The zero-order valence-corrected chi connectivity index (χ0v) is 12.2. The van der Waals surface area contributed by atoms with Gasteiger partial charge in [-0.2, -0.15) is 0 Å². The highest BCUT2D eigenvalue weighted by atomic mass is 32.2. The fraction of sp³-hybridized carbons (Fsp3) is 0.500. The minimum atomic E-state index is -0.825. The summed E-state index contributed by atoms with van der Waals surface area (Å²) in [4.78, 5) is 12.4. The fourth-order valence-corrected chi connectivity index (χ4v) is 2.42. The Bertz CT molecular complexity index is 394. The van der Waals surface area contributed by atoms with Crippen molar-refractivity contribution < 1.29 is 9.53 Å². The maximum Gasteiger partial charge on any atom is 0.328 e. The monoisotopic (exact) mass is 267 g/mol. The first-order chi connectivity index (χ1) is 8.35. The Kier molecular flexibility index (Phi) is 4.82. The van der Waals surface area contributed by atoms with Crippen molar-refractivity contribution in [1.82, 2.24) is 0 Å². The van der Waals surface area contributed by atoms with Crippen molar-refractivity contribution in [1.29, 1.82) is 0 Å². The molecule has 1 unspecified atom stereocenters. The molecule has 0 aliphatic heterocycles. The van der Waals surface area contributed by atoms with E-state index in [-0.39, 0.29) is 12.5 Å². The van der Waals surface area contributed by atoms with Gasteiger partial charge < -0.3 is 10.5 Å². The van der Waals surface area contributed by atoms with Crippen molar-refractivity contribution in [3.05, 3.63) is 35.9 Å². The number of hydrogen-bond donors (Lipinski definition) is 1. The predicted molar refractivity (Wildman–Crippen MR) is 76.5 cm³/mol. The molecule has 0 heterocycles. The summed E-state index contributed by atoms with van der Waals surface area (Å²) < 4.78 is 4.67. The van der Waals surface area contributed by atoms with Gasteiger partial charge in [0.1, 0.15) is 5.60 Å². The molecule has 4 heteroatoms. The molecule has 0 spiro atoms. The van der Waals surface area contributed by atoms with E-state index in [0.29, 0.717) is 0 Å². The van der Waals surface area contributed by atoms with Gasteiger partial charge in [0, 0.05) is 6.54 Å². The maximum absolute atomic E-state index is 12.4. The Balaban J connectivity index is 3.12. The van der Waals surface area contributed by atoms with Gasteiger partial charge in [-0.25, -0.2) is 0 Å². The molecule has 18 heavy (non-hydrogen) atoms. The zero-order valence-electron chi connectivity index (χ0n) is 11.4. The second-order valence-corrected chi connectivity index (χ2v) is 6.21. The van der Waals surface area contributed by atoms with Gasteiger partial charge in [-0.1, -0.05) is 30.3 Å². The third-order valence-corrected chi connectivity index (χ3v) is 3.87. The number of benzene rings is 1. The highest BCUT2D eigenvalue weighted by Gasteiger charge is 2.41. The smallest absolute Gasteiger partial charge is 0.328 e. The molecule has 0 aliphatic carbocycles. The summed E-state index contributed by atoms with van der Waals surface area (Å²) >= 11 is 1.42. The van der Waals surface area contributed by atoms with Crippen LogP contribution in [0.3, 0.4) is 0 Å². The molecular formula is C14H21NO2S. The Morgan fingerprint density at radius 1 is 1.28 bits per heavy atom. The van der Waals surface area contributed by atoms with Crippen molar-refractivity contribution in [2.45, 2.75) is 31.1 Å².